The van der Waals surface area contributed by atoms with E-state index in [0.717, 1.165) is 15.6 Å². The van der Waals surface area contributed by atoms with E-state index in [-0.39, 0.29) is 12.4 Å². The van der Waals surface area contributed by atoms with Gasteiger partial charge in [-0.1, -0.05) is 40.8 Å². The number of aliphatic hydroxyl groups is 1. The molecule has 0 saturated heterocycles. The van der Waals surface area contributed by atoms with Crippen molar-refractivity contribution in [3.05, 3.63) is 58.6 Å². The van der Waals surface area contributed by atoms with Crippen LogP contribution in [0.2, 0.25) is 5.02 Å². The highest BCUT2D eigenvalue weighted by Crippen LogP contribution is 2.29. The summed E-state index contributed by atoms with van der Waals surface area (Å²) in [5.74, 6) is 1.04. The van der Waals surface area contributed by atoms with Crippen LogP contribution in [0.4, 0.5) is 10.8 Å². The van der Waals surface area contributed by atoms with Crippen LogP contribution < -0.4 is 10.1 Å². The molecular formula is C20H20ClN3O3S2. The molecule has 3 aromatic rings. The number of thioether (sulfide) groups is 1. The molecule has 0 saturated carbocycles. The molecule has 2 aromatic carbocycles. The summed E-state index contributed by atoms with van der Waals surface area (Å²) in [5.41, 5.74) is 2.48. The molecule has 0 fully saturated rings. The number of nitrogens with one attached hydrogen (secondary N) is 1. The zero-order chi connectivity index (χ0) is 20.8. The first kappa shape index (κ1) is 21.6. The van der Waals surface area contributed by atoms with Crippen molar-refractivity contribution in [1.29, 1.82) is 0 Å². The Kier molecular flexibility index (Phi) is 7.49. The van der Waals surface area contributed by atoms with Crippen molar-refractivity contribution in [3.8, 4) is 5.75 Å². The second-order valence-corrected chi connectivity index (χ2v) is 8.97. The zero-order valence-electron chi connectivity index (χ0n) is 15.9. The molecule has 6 nitrogen and oxygen atoms in total. The maximum Gasteiger partial charge on any atom is 0.210 e. The van der Waals surface area contributed by atoms with Crippen molar-refractivity contribution in [2.45, 2.75) is 24.3 Å². The van der Waals surface area contributed by atoms with Gasteiger partial charge in [0.1, 0.15) is 12.4 Å². The minimum absolute atomic E-state index is 0.00405. The number of carbonyl (C=O) groups is 1. The highest BCUT2D eigenvalue weighted by atomic mass is 35.5. The summed E-state index contributed by atoms with van der Waals surface area (Å²) in [6, 6.07) is 12.6. The van der Waals surface area contributed by atoms with Gasteiger partial charge in [-0.3, -0.25) is 4.79 Å². The molecule has 152 valence electrons. The molecule has 0 radical (unpaired) electrons. The Morgan fingerprint density at radius 3 is 2.72 bits per heavy atom. The molecule has 29 heavy (non-hydrogen) atoms. The number of halogens is 1. The predicted molar refractivity (Wildman–Crippen MR) is 118 cm³/mol. The standard InChI is InChI=1S/C20H20ClN3O3S2/c1-12-3-6-15(9-18(12)21)22-19-23-24-20(29-19)28-11-16(26)10-27-17-7-4-14(5-8-17)13(2)25/h3-9,16,26H,10-11H2,1-2H3,(H,22,23). The number of aryl methyl sites for hydroxylation is 1. The van der Waals surface area contributed by atoms with Crippen molar-refractivity contribution >= 4 is 51.3 Å². The van der Waals surface area contributed by atoms with Crippen LogP contribution in [0.1, 0.15) is 22.8 Å². The molecule has 2 N–H and O–H groups in total. The first-order chi connectivity index (χ1) is 13.9. The predicted octanol–water partition coefficient (Wildman–Crippen LogP) is 4.98. The van der Waals surface area contributed by atoms with E-state index in [1.165, 1.54) is 30.0 Å². The first-order valence-corrected chi connectivity index (χ1v) is 11.0. The lowest BCUT2D eigenvalue weighted by molar-refractivity contribution is 0.101. The number of aliphatic hydroxyl groups excluding tert-OH is 1. The van der Waals surface area contributed by atoms with E-state index in [1.807, 2.05) is 25.1 Å². The SMILES string of the molecule is CC(=O)c1ccc(OCC(O)CSc2nnc(Nc3ccc(C)c(Cl)c3)s2)cc1. The zero-order valence-corrected chi connectivity index (χ0v) is 18.3. The van der Waals surface area contributed by atoms with Gasteiger partial charge in [-0.05, 0) is 55.8 Å². The number of Topliss-reactive ketones (excluding diaryl/α,β-unsaturated/α-hetero) is 1. The van der Waals surface area contributed by atoms with Crippen LogP contribution in [0.15, 0.2) is 46.8 Å². The Morgan fingerprint density at radius 1 is 1.28 bits per heavy atom. The van der Waals surface area contributed by atoms with Crippen molar-refractivity contribution in [3.63, 3.8) is 0 Å². The van der Waals surface area contributed by atoms with Gasteiger partial charge in [0, 0.05) is 22.0 Å². The Bertz CT molecular complexity index is 979. The number of carbonyl (C=O) groups excluding carboxylic acids is 1. The first-order valence-electron chi connectivity index (χ1n) is 8.82. The maximum absolute atomic E-state index is 11.3. The molecule has 1 heterocycles. The van der Waals surface area contributed by atoms with E-state index in [0.29, 0.717) is 27.2 Å². The average Bonchev–Trinajstić information content (AvgIpc) is 3.15. The van der Waals surface area contributed by atoms with Gasteiger partial charge in [0.25, 0.3) is 0 Å². The van der Waals surface area contributed by atoms with Gasteiger partial charge >= 0.3 is 0 Å². The third kappa shape index (κ3) is 6.43. The molecule has 9 heteroatoms. The van der Waals surface area contributed by atoms with Crippen LogP contribution in [0.5, 0.6) is 5.75 Å². The molecule has 0 aliphatic heterocycles. The highest BCUT2D eigenvalue weighted by molar-refractivity contribution is 8.01. The monoisotopic (exact) mass is 449 g/mol. The summed E-state index contributed by atoms with van der Waals surface area (Å²) < 4.78 is 6.31. The fourth-order valence-corrected chi connectivity index (χ4v) is 4.19. The second kappa shape index (κ2) is 10.1. The van der Waals surface area contributed by atoms with E-state index in [2.05, 4.69) is 15.5 Å². The largest absolute Gasteiger partial charge is 0.491 e. The average molecular weight is 450 g/mol. The Hall–Kier alpha value is -2.13. The van der Waals surface area contributed by atoms with Gasteiger partial charge in [-0.15, -0.1) is 10.2 Å². The van der Waals surface area contributed by atoms with E-state index in [9.17, 15) is 9.90 Å². The molecule has 1 aromatic heterocycles. The van der Waals surface area contributed by atoms with Crippen LogP contribution in [0.25, 0.3) is 0 Å². The van der Waals surface area contributed by atoms with Crippen LogP contribution in [-0.2, 0) is 0 Å². The number of hydrogen-bond acceptors (Lipinski definition) is 8. The lowest BCUT2D eigenvalue weighted by Gasteiger charge is -2.11. The van der Waals surface area contributed by atoms with E-state index >= 15 is 0 Å². The van der Waals surface area contributed by atoms with Gasteiger partial charge in [-0.25, -0.2) is 0 Å². The quantitative estimate of drug-likeness (QED) is 0.352. The number of hydrogen-bond donors (Lipinski definition) is 2. The van der Waals surface area contributed by atoms with Gasteiger partial charge < -0.3 is 15.2 Å². The summed E-state index contributed by atoms with van der Waals surface area (Å²) >= 11 is 8.95. The maximum atomic E-state index is 11.3. The minimum Gasteiger partial charge on any atom is -0.491 e. The molecule has 0 spiro atoms. The molecule has 3 rings (SSSR count). The fraction of sp³-hybridized carbons (Fsp3) is 0.250. The molecule has 0 aliphatic carbocycles. The third-order valence-electron chi connectivity index (χ3n) is 3.93. The van der Waals surface area contributed by atoms with E-state index in [4.69, 9.17) is 16.3 Å². The van der Waals surface area contributed by atoms with Gasteiger partial charge in [-0.2, -0.15) is 0 Å². The molecule has 0 aliphatic rings. The van der Waals surface area contributed by atoms with E-state index < -0.39 is 6.10 Å². The highest BCUT2D eigenvalue weighted by Gasteiger charge is 2.11. The van der Waals surface area contributed by atoms with Crippen LogP contribution in [0, 0.1) is 6.92 Å². The summed E-state index contributed by atoms with van der Waals surface area (Å²) in [6.07, 6.45) is -0.663. The number of rotatable bonds is 9. The second-order valence-electron chi connectivity index (χ2n) is 6.32. The van der Waals surface area contributed by atoms with Gasteiger partial charge in [0.15, 0.2) is 10.1 Å². The number of ether oxygens (including phenoxy) is 1. The lowest BCUT2D eigenvalue weighted by atomic mass is 10.1. The Morgan fingerprint density at radius 2 is 2.03 bits per heavy atom. The number of nitrogens with zero attached hydrogens (tertiary/aromatic N) is 2. The van der Waals surface area contributed by atoms with Crippen LogP contribution in [0.3, 0.4) is 0 Å². The Labute approximate surface area is 182 Å². The van der Waals surface area contributed by atoms with Gasteiger partial charge in [0.2, 0.25) is 5.13 Å². The summed E-state index contributed by atoms with van der Waals surface area (Å²) in [4.78, 5) is 11.3. The molecule has 1 unspecified atom stereocenters. The van der Waals surface area contributed by atoms with Crippen molar-refractivity contribution in [2.24, 2.45) is 0 Å². The Balaban J connectivity index is 1.45. The topological polar surface area (TPSA) is 84.3 Å². The summed E-state index contributed by atoms with van der Waals surface area (Å²) in [6.45, 7) is 3.61. The summed E-state index contributed by atoms with van der Waals surface area (Å²) in [7, 11) is 0. The molecule has 1 atom stereocenters. The summed E-state index contributed by atoms with van der Waals surface area (Å²) in [5, 5.41) is 22.9. The van der Waals surface area contributed by atoms with Crippen LogP contribution in [-0.4, -0.2) is 39.6 Å². The molecular weight excluding hydrogens is 430 g/mol. The number of anilines is 2. The lowest BCUT2D eigenvalue weighted by Crippen LogP contribution is -2.20. The number of benzene rings is 2. The van der Waals surface area contributed by atoms with E-state index in [1.54, 1.807) is 24.3 Å². The van der Waals surface area contributed by atoms with Gasteiger partial charge in [0.05, 0.1) is 6.10 Å². The fourth-order valence-electron chi connectivity index (χ4n) is 2.31. The molecule has 0 amide bonds. The van der Waals surface area contributed by atoms with Crippen LogP contribution >= 0.6 is 34.7 Å². The number of aromatic nitrogens is 2. The van der Waals surface area contributed by atoms with Crippen molar-refractivity contribution in [2.75, 3.05) is 17.7 Å². The normalized spacial score (nSPS) is 11.9. The molecule has 0 bridgehead atoms. The van der Waals surface area contributed by atoms with Crippen molar-refractivity contribution < 1.29 is 14.6 Å². The number of ketones is 1. The smallest absolute Gasteiger partial charge is 0.210 e. The third-order valence-corrected chi connectivity index (χ3v) is 6.46. The van der Waals surface area contributed by atoms with Crippen molar-refractivity contribution in [1.82, 2.24) is 10.2 Å². The minimum atomic E-state index is -0.663.